The Bertz CT molecular complexity index is 512. The Hall–Kier alpha value is -1.34. The molecule has 1 heterocycles. The largest absolute Gasteiger partial charge is 0.264 e. The standard InChI is InChI=1S/C14H14ClN/c1-11(4-3-8-15)13-6-2-5-12-7-9-16-10-14(12)13/h2,4-7,9-10H,3,8H2,1H3/b11-4-. The average Bonchev–Trinajstić information content (AvgIpc) is 2.35. The second-order valence-electron chi connectivity index (χ2n) is 3.77. The number of halogens is 1. The first-order valence-electron chi connectivity index (χ1n) is 5.39. The van der Waals surface area contributed by atoms with Crippen LogP contribution >= 0.6 is 11.6 Å². The van der Waals surface area contributed by atoms with Crippen molar-refractivity contribution >= 4 is 27.9 Å². The summed E-state index contributed by atoms with van der Waals surface area (Å²) in [5.74, 6) is 0.667. The van der Waals surface area contributed by atoms with Crippen molar-refractivity contribution in [2.75, 3.05) is 5.88 Å². The van der Waals surface area contributed by atoms with Crippen LogP contribution in [-0.2, 0) is 0 Å². The number of pyridine rings is 1. The minimum absolute atomic E-state index is 0.667. The van der Waals surface area contributed by atoms with E-state index in [0.29, 0.717) is 5.88 Å². The summed E-state index contributed by atoms with van der Waals surface area (Å²) in [6.07, 6.45) is 6.82. The van der Waals surface area contributed by atoms with Crippen molar-refractivity contribution in [3.05, 3.63) is 48.3 Å². The van der Waals surface area contributed by atoms with E-state index in [-0.39, 0.29) is 0 Å². The van der Waals surface area contributed by atoms with Crippen molar-refractivity contribution in [3.63, 3.8) is 0 Å². The number of hydrogen-bond acceptors (Lipinski definition) is 1. The molecule has 0 unspecified atom stereocenters. The van der Waals surface area contributed by atoms with Crippen molar-refractivity contribution in [1.29, 1.82) is 0 Å². The van der Waals surface area contributed by atoms with Gasteiger partial charge in [0.25, 0.3) is 0 Å². The monoisotopic (exact) mass is 231 g/mol. The van der Waals surface area contributed by atoms with Crippen molar-refractivity contribution in [2.24, 2.45) is 0 Å². The molecule has 2 aromatic rings. The van der Waals surface area contributed by atoms with E-state index >= 15 is 0 Å². The first-order chi connectivity index (χ1) is 7.83. The lowest BCUT2D eigenvalue weighted by Crippen LogP contribution is -1.85. The molecular weight excluding hydrogens is 218 g/mol. The molecule has 0 fully saturated rings. The van der Waals surface area contributed by atoms with Gasteiger partial charge in [-0.15, -0.1) is 11.6 Å². The van der Waals surface area contributed by atoms with E-state index in [1.54, 1.807) is 0 Å². The maximum absolute atomic E-state index is 5.69. The predicted molar refractivity (Wildman–Crippen MR) is 70.7 cm³/mol. The molecule has 82 valence electrons. The van der Waals surface area contributed by atoms with Crippen LogP contribution in [0.2, 0.25) is 0 Å². The summed E-state index contributed by atoms with van der Waals surface area (Å²) in [5, 5.41) is 2.43. The molecular formula is C14H14ClN. The van der Waals surface area contributed by atoms with Crippen molar-refractivity contribution in [1.82, 2.24) is 4.98 Å². The van der Waals surface area contributed by atoms with E-state index in [1.807, 2.05) is 18.5 Å². The number of fused-ring (bicyclic) bond motifs is 1. The van der Waals surface area contributed by atoms with Gasteiger partial charge >= 0.3 is 0 Å². The zero-order chi connectivity index (χ0) is 11.4. The van der Waals surface area contributed by atoms with Gasteiger partial charge in [-0.25, -0.2) is 0 Å². The summed E-state index contributed by atoms with van der Waals surface area (Å²) in [4.78, 5) is 4.18. The number of rotatable bonds is 3. The van der Waals surface area contributed by atoms with Crippen LogP contribution in [0.25, 0.3) is 16.3 Å². The normalized spacial score (nSPS) is 12.0. The Kier molecular flexibility index (Phi) is 3.58. The van der Waals surface area contributed by atoms with Gasteiger partial charge in [0.2, 0.25) is 0 Å². The van der Waals surface area contributed by atoms with Crippen molar-refractivity contribution in [3.8, 4) is 0 Å². The van der Waals surface area contributed by atoms with Crippen LogP contribution in [0.4, 0.5) is 0 Å². The van der Waals surface area contributed by atoms with Gasteiger partial charge in [0.1, 0.15) is 0 Å². The number of alkyl halides is 1. The number of allylic oxidation sites excluding steroid dienone is 2. The predicted octanol–water partition coefficient (Wildman–Crippen LogP) is 4.27. The van der Waals surface area contributed by atoms with E-state index < -0.39 is 0 Å². The highest BCUT2D eigenvalue weighted by atomic mass is 35.5. The number of aromatic nitrogens is 1. The molecule has 16 heavy (non-hydrogen) atoms. The lowest BCUT2D eigenvalue weighted by Gasteiger charge is -2.06. The highest BCUT2D eigenvalue weighted by molar-refractivity contribution is 6.18. The van der Waals surface area contributed by atoms with E-state index in [4.69, 9.17) is 11.6 Å². The lowest BCUT2D eigenvalue weighted by atomic mass is 10.0. The summed E-state index contributed by atoms with van der Waals surface area (Å²) in [6.45, 7) is 2.12. The van der Waals surface area contributed by atoms with Gasteiger partial charge in [-0.2, -0.15) is 0 Å². The minimum Gasteiger partial charge on any atom is -0.264 e. The maximum atomic E-state index is 5.69. The molecule has 0 aliphatic carbocycles. The Morgan fingerprint density at radius 2 is 2.25 bits per heavy atom. The first kappa shape index (κ1) is 11.2. The van der Waals surface area contributed by atoms with E-state index in [0.717, 1.165) is 6.42 Å². The van der Waals surface area contributed by atoms with Crippen LogP contribution in [-0.4, -0.2) is 10.9 Å². The van der Waals surface area contributed by atoms with Gasteiger partial charge < -0.3 is 0 Å². The number of benzene rings is 1. The van der Waals surface area contributed by atoms with Gasteiger partial charge in [-0.05, 0) is 35.9 Å². The van der Waals surface area contributed by atoms with Gasteiger partial charge in [0, 0.05) is 23.7 Å². The molecule has 2 heteroatoms. The van der Waals surface area contributed by atoms with Crippen LogP contribution in [0.15, 0.2) is 42.7 Å². The minimum atomic E-state index is 0.667. The Morgan fingerprint density at radius 3 is 3.06 bits per heavy atom. The lowest BCUT2D eigenvalue weighted by molar-refractivity contribution is 1.23. The molecule has 0 radical (unpaired) electrons. The molecule has 0 saturated heterocycles. The topological polar surface area (TPSA) is 12.9 Å². The van der Waals surface area contributed by atoms with E-state index in [9.17, 15) is 0 Å². The van der Waals surface area contributed by atoms with Gasteiger partial charge in [-0.1, -0.05) is 24.3 Å². The van der Waals surface area contributed by atoms with Crippen molar-refractivity contribution in [2.45, 2.75) is 13.3 Å². The zero-order valence-electron chi connectivity index (χ0n) is 9.28. The maximum Gasteiger partial charge on any atom is 0.0352 e. The highest BCUT2D eigenvalue weighted by Crippen LogP contribution is 2.24. The molecule has 0 aliphatic rings. The van der Waals surface area contributed by atoms with Crippen LogP contribution in [0.5, 0.6) is 0 Å². The molecule has 0 spiro atoms. The molecule has 0 N–H and O–H groups in total. The Morgan fingerprint density at radius 1 is 1.38 bits per heavy atom. The van der Waals surface area contributed by atoms with Crippen LogP contribution in [0, 0.1) is 0 Å². The molecule has 2 rings (SSSR count). The Labute approximate surface area is 101 Å². The number of nitrogens with zero attached hydrogens (tertiary/aromatic N) is 1. The third kappa shape index (κ3) is 2.25. The smallest absolute Gasteiger partial charge is 0.0352 e. The summed E-state index contributed by atoms with van der Waals surface area (Å²) in [7, 11) is 0. The summed E-state index contributed by atoms with van der Waals surface area (Å²) in [5.41, 5.74) is 2.51. The molecule has 0 aliphatic heterocycles. The fraction of sp³-hybridized carbons (Fsp3) is 0.214. The van der Waals surface area contributed by atoms with Crippen molar-refractivity contribution < 1.29 is 0 Å². The molecule has 0 bridgehead atoms. The molecule has 1 aromatic heterocycles. The summed E-state index contributed by atoms with van der Waals surface area (Å²) < 4.78 is 0. The second-order valence-corrected chi connectivity index (χ2v) is 4.15. The van der Waals surface area contributed by atoms with Crippen LogP contribution in [0.3, 0.4) is 0 Å². The SMILES string of the molecule is C/C(=C/CCCl)c1cccc2ccncc12. The zero-order valence-corrected chi connectivity index (χ0v) is 10.0. The van der Waals surface area contributed by atoms with Crippen LogP contribution in [0.1, 0.15) is 18.9 Å². The fourth-order valence-corrected chi connectivity index (χ4v) is 1.95. The molecule has 0 amide bonds. The average molecular weight is 232 g/mol. The Balaban J connectivity index is 2.52. The van der Waals surface area contributed by atoms with Gasteiger partial charge in [0.05, 0.1) is 0 Å². The molecule has 0 atom stereocenters. The molecule has 0 saturated carbocycles. The molecule has 1 aromatic carbocycles. The highest BCUT2D eigenvalue weighted by Gasteiger charge is 2.01. The third-order valence-corrected chi connectivity index (χ3v) is 2.89. The van der Waals surface area contributed by atoms with E-state index in [1.165, 1.54) is 21.9 Å². The van der Waals surface area contributed by atoms with Crippen LogP contribution < -0.4 is 0 Å². The first-order valence-corrected chi connectivity index (χ1v) is 5.92. The molecule has 1 nitrogen and oxygen atoms in total. The number of hydrogen-bond donors (Lipinski definition) is 0. The third-order valence-electron chi connectivity index (χ3n) is 2.67. The quantitative estimate of drug-likeness (QED) is 0.719. The fourth-order valence-electron chi connectivity index (χ4n) is 1.84. The second kappa shape index (κ2) is 5.13. The summed E-state index contributed by atoms with van der Waals surface area (Å²) >= 11 is 5.69. The van der Waals surface area contributed by atoms with Gasteiger partial charge in [0.15, 0.2) is 0 Å². The van der Waals surface area contributed by atoms with E-state index in [2.05, 4.69) is 36.2 Å². The summed E-state index contributed by atoms with van der Waals surface area (Å²) in [6, 6.07) is 8.35. The van der Waals surface area contributed by atoms with Gasteiger partial charge in [-0.3, -0.25) is 4.98 Å².